The van der Waals surface area contributed by atoms with Crippen LogP contribution in [0.4, 0.5) is 11.4 Å². The van der Waals surface area contributed by atoms with Crippen molar-refractivity contribution >= 4 is 22.3 Å². The SMILES string of the molecule is CCN(CC)c1ccc2cc(-n3cc(-c4ccc(N5CCOCCOCCOCCOCC5)c(OC)c4)nn3)c(=O)oc2c1. The Kier molecular flexibility index (Phi) is 11.2. The molecule has 1 aliphatic rings. The molecule has 1 saturated heterocycles. The third kappa shape index (κ3) is 7.75. The van der Waals surface area contributed by atoms with Gasteiger partial charge >= 0.3 is 5.63 Å². The topological polar surface area (TPSA) is 114 Å². The summed E-state index contributed by atoms with van der Waals surface area (Å²) in [5.41, 5.74) is 3.64. The maximum Gasteiger partial charge on any atom is 0.362 e. The molecule has 1 fully saturated rings. The van der Waals surface area contributed by atoms with Crippen LogP contribution in [0, 0.1) is 0 Å². The van der Waals surface area contributed by atoms with E-state index >= 15 is 0 Å². The van der Waals surface area contributed by atoms with Gasteiger partial charge in [-0.3, -0.25) is 0 Å². The van der Waals surface area contributed by atoms with E-state index in [0.29, 0.717) is 83.0 Å². The Morgan fingerprint density at radius 1 is 0.818 bits per heavy atom. The fourth-order valence-electron chi connectivity index (χ4n) is 5.11. The predicted molar refractivity (Wildman–Crippen MR) is 168 cm³/mol. The Labute approximate surface area is 257 Å². The zero-order chi connectivity index (χ0) is 30.7. The summed E-state index contributed by atoms with van der Waals surface area (Å²) >= 11 is 0. The molecule has 0 N–H and O–H groups in total. The normalized spacial score (nSPS) is 15.9. The molecule has 4 aromatic rings. The minimum Gasteiger partial charge on any atom is -0.495 e. The first kappa shape index (κ1) is 31.5. The molecule has 0 atom stereocenters. The van der Waals surface area contributed by atoms with Crippen molar-refractivity contribution in [2.75, 3.05) is 95.9 Å². The highest BCUT2D eigenvalue weighted by Gasteiger charge is 2.17. The van der Waals surface area contributed by atoms with Crippen LogP contribution < -0.4 is 20.2 Å². The highest BCUT2D eigenvalue weighted by atomic mass is 16.6. The Morgan fingerprint density at radius 3 is 2.11 bits per heavy atom. The molecule has 0 saturated carbocycles. The Hall–Kier alpha value is -3.97. The van der Waals surface area contributed by atoms with Gasteiger partial charge in [0.25, 0.3) is 0 Å². The molecule has 44 heavy (non-hydrogen) atoms. The summed E-state index contributed by atoms with van der Waals surface area (Å²) in [6.45, 7) is 11.5. The van der Waals surface area contributed by atoms with Crippen molar-refractivity contribution in [3.8, 4) is 22.7 Å². The maximum atomic E-state index is 13.0. The zero-order valence-corrected chi connectivity index (χ0v) is 25.7. The molecule has 0 spiro atoms. The van der Waals surface area contributed by atoms with E-state index in [0.717, 1.165) is 35.4 Å². The summed E-state index contributed by atoms with van der Waals surface area (Å²) < 4.78 is 35.6. The van der Waals surface area contributed by atoms with Gasteiger partial charge in [0.2, 0.25) is 0 Å². The largest absolute Gasteiger partial charge is 0.495 e. The smallest absolute Gasteiger partial charge is 0.362 e. The molecule has 0 amide bonds. The standard InChI is InChI=1S/C32H41N5O7/c1-4-35(5-2)26-8-6-25-20-29(32(38)44-30(25)22-26)37-23-27(33-34-37)24-7-9-28(31(21-24)39-3)36-10-12-40-14-16-42-18-19-43-17-15-41-13-11-36/h6-9,20-23H,4-5,10-19H2,1-3H3. The first-order chi connectivity index (χ1) is 21.6. The van der Waals surface area contributed by atoms with Crippen molar-refractivity contribution in [2.24, 2.45) is 0 Å². The van der Waals surface area contributed by atoms with E-state index in [-0.39, 0.29) is 5.69 Å². The summed E-state index contributed by atoms with van der Waals surface area (Å²) in [4.78, 5) is 17.4. The summed E-state index contributed by atoms with van der Waals surface area (Å²) in [5.74, 6) is 0.677. The van der Waals surface area contributed by atoms with Crippen LogP contribution in [0.5, 0.6) is 5.75 Å². The zero-order valence-electron chi connectivity index (χ0n) is 25.7. The molecule has 5 rings (SSSR count). The number of aromatic nitrogens is 3. The molecule has 0 radical (unpaired) electrons. The molecule has 0 aliphatic carbocycles. The Bertz CT molecular complexity index is 1540. The van der Waals surface area contributed by atoms with Crippen molar-refractivity contribution in [2.45, 2.75) is 13.8 Å². The van der Waals surface area contributed by atoms with E-state index in [1.54, 1.807) is 19.4 Å². The van der Waals surface area contributed by atoms with Crippen LogP contribution in [0.15, 0.2) is 57.9 Å². The van der Waals surface area contributed by atoms with E-state index in [1.807, 2.05) is 36.4 Å². The number of hydrogen-bond acceptors (Lipinski definition) is 11. The van der Waals surface area contributed by atoms with E-state index in [9.17, 15) is 4.79 Å². The number of fused-ring (bicyclic) bond motifs is 1. The molecule has 12 nitrogen and oxygen atoms in total. The van der Waals surface area contributed by atoms with E-state index in [1.165, 1.54) is 4.68 Å². The average molecular weight is 608 g/mol. The lowest BCUT2D eigenvalue weighted by atomic mass is 10.1. The molecular formula is C32H41N5O7. The number of ether oxygens (including phenoxy) is 5. The predicted octanol–water partition coefficient (Wildman–Crippen LogP) is 3.78. The first-order valence-corrected chi connectivity index (χ1v) is 15.1. The molecular weight excluding hydrogens is 566 g/mol. The molecule has 3 heterocycles. The third-order valence-corrected chi connectivity index (χ3v) is 7.51. The number of methoxy groups -OCH3 is 1. The minimum absolute atomic E-state index is 0.285. The van der Waals surface area contributed by atoms with E-state index in [4.69, 9.17) is 28.1 Å². The number of nitrogens with zero attached hydrogens (tertiary/aromatic N) is 5. The highest BCUT2D eigenvalue weighted by Crippen LogP contribution is 2.33. The van der Waals surface area contributed by atoms with Gasteiger partial charge in [0.1, 0.15) is 17.0 Å². The van der Waals surface area contributed by atoms with Crippen LogP contribution in [0.25, 0.3) is 27.9 Å². The van der Waals surface area contributed by atoms with Crippen LogP contribution in [-0.4, -0.2) is 101 Å². The van der Waals surface area contributed by atoms with Crippen LogP contribution in [0.1, 0.15) is 13.8 Å². The molecule has 12 heteroatoms. The second-order valence-electron chi connectivity index (χ2n) is 10.2. The molecule has 0 unspecified atom stereocenters. The van der Waals surface area contributed by atoms with Gasteiger partial charge in [0.15, 0.2) is 5.69 Å². The second kappa shape index (κ2) is 15.7. The van der Waals surface area contributed by atoms with Gasteiger partial charge in [0.05, 0.1) is 71.8 Å². The van der Waals surface area contributed by atoms with Crippen LogP contribution in [0.2, 0.25) is 0 Å². The molecule has 236 valence electrons. The lowest BCUT2D eigenvalue weighted by Crippen LogP contribution is -2.32. The summed E-state index contributed by atoms with van der Waals surface area (Å²) in [7, 11) is 1.64. The van der Waals surface area contributed by atoms with Gasteiger partial charge in [0, 0.05) is 48.9 Å². The summed E-state index contributed by atoms with van der Waals surface area (Å²) in [6, 6.07) is 13.5. The summed E-state index contributed by atoms with van der Waals surface area (Å²) in [6.07, 6.45) is 1.72. The van der Waals surface area contributed by atoms with Crippen molar-refractivity contribution in [3.05, 3.63) is 59.1 Å². The molecule has 1 aliphatic heterocycles. The van der Waals surface area contributed by atoms with Crippen molar-refractivity contribution in [1.82, 2.24) is 15.0 Å². The van der Waals surface area contributed by atoms with Crippen LogP contribution in [0.3, 0.4) is 0 Å². The van der Waals surface area contributed by atoms with Crippen molar-refractivity contribution in [3.63, 3.8) is 0 Å². The monoisotopic (exact) mass is 607 g/mol. The number of rotatable bonds is 7. The van der Waals surface area contributed by atoms with Crippen molar-refractivity contribution < 1.29 is 28.1 Å². The maximum absolute atomic E-state index is 13.0. The van der Waals surface area contributed by atoms with Gasteiger partial charge in [-0.15, -0.1) is 5.10 Å². The first-order valence-electron chi connectivity index (χ1n) is 15.1. The lowest BCUT2D eigenvalue weighted by molar-refractivity contribution is 0.00206. The number of anilines is 2. The van der Waals surface area contributed by atoms with Crippen LogP contribution >= 0.6 is 0 Å². The van der Waals surface area contributed by atoms with E-state index < -0.39 is 5.63 Å². The van der Waals surface area contributed by atoms with E-state index in [2.05, 4.69) is 34.0 Å². The molecule has 2 aromatic heterocycles. The number of hydrogen-bond donors (Lipinski definition) is 0. The molecule has 2 aromatic carbocycles. The Morgan fingerprint density at radius 2 is 1.48 bits per heavy atom. The highest BCUT2D eigenvalue weighted by molar-refractivity contribution is 5.82. The van der Waals surface area contributed by atoms with Gasteiger partial charge in [-0.25, -0.2) is 9.48 Å². The fourth-order valence-corrected chi connectivity index (χ4v) is 5.11. The fraction of sp³-hybridized carbons (Fsp3) is 0.469. The van der Waals surface area contributed by atoms with Gasteiger partial charge in [-0.05, 0) is 44.2 Å². The quantitative estimate of drug-likeness (QED) is 0.286. The summed E-state index contributed by atoms with van der Waals surface area (Å²) in [5, 5.41) is 9.40. The molecule has 0 bridgehead atoms. The lowest BCUT2D eigenvalue weighted by Gasteiger charge is -2.26. The minimum atomic E-state index is -0.488. The Balaban J connectivity index is 1.35. The third-order valence-electron chi connectivity index (χ3n) is 7.51. The second-order valence-corrected chi connectivity index (χ2v) is 10.2. The van der Waals surface area contributed by atoms with Gasteiger partial charge in [-0.1, -0.05) is 11.3 Å². The van der Waals surface area contributed by atoms with Crippen molar-refractivity contribution in [1.29, 1.82) is 0 Å². The van der Waals surface area contributed by atoms with Gasteiger partial charge < -0.3 is 37.9 Å². The average Bonchev–Trinajstić information content (AvgIpc) is 3.53. The van der Waals surface area contributed by atoms with Gasteiger partial charge in [-0.2, -0.15) is 0 Å². The number of benzene rings is 2. The van der Waals surface area contributed by atoms with Crippen LogP contribution in [-0.2, 0) is 18.9 Å².